The Bertz CT molecular complexity index is 157. The molecule has 0 fully saturated rings. The van der Waals surface area contributed by atoms with E-state index in [0.717, 1.165) is 0 Å². The zero-order valence-corrected chi connectivity index (χ0v) is 7.44. The number of hydrogen-bond acceptors (Lipinski definition) is 0. The lowest BCUT2D eigenvalue weighted by Gasteiger charge is -1.85. The van der Waals surface area contributed by atoms with Gasteiger partial charge in [0.1, 0.15) is 5.83 Å². The summed E-state index contributed by atoms with van der Waals surface area (Å²) in [6, 6.07) is 0. The minimum Gasteiger partial charge on any atom is -0.211 e. The van der Waals surface area contributed by atoms with Crippen molar-refractivity contribution < 1.29 is 4.39 Å². The molecule has 56 valence electrons. The highest BCUT2D eigenvalue weighted by atomic mass is 79.9. The zero-order valence-electron chi connectivity index (χ0n) is 5.85. The largest absolute Gasteiger partial charge is 0.211 e. The monoisotopic (exact) mass is 204 g/mol. The van der Waals surface area contributed by atoms with Crippen LogP contribution in [0.15, 0.2) is 35.1 Å². The first kappa shape index (κ1) is 9.63. The highest BCUT2D eigenvalue weighted by molar-refractivity contribution is 9.11. The van der Waals surface area contributed by atoms with E-state index in [9.17, 15) is 4.39 Å². The summed E-state index contributed by atoms with van der Waals surface area (Å²) >= 11 is 3.04. The lowest BCUT2D eigenvalue weighted by Crippen LogP contribution is -1.66. The van der Waals surface area contributed by atoms with Crippen molar-refractivity contribution in [2.45, 2.75) is 13.3 Å². The van der Waals surface area contributed by atoms with Crippen molar-refractivity contribution in [3.05, 3.63) is 35.1 Å². The van der Waals surface area contributed by atoms with Crippen LogP contribution in [0.2, 0.25) is 0 Å². The number of hydrogen-bond donors (Lipinski definition) is 0. The fraction of sp³-hybridized carbons (Fsp3) is 0.250. The van der Waals surface area contributed by atoms with E-state index in [4.69, 9.17) is 0 Å². The Labute approximate surface area is 69.3 Å². The normalized spacial score (nSPS) is 13.7. The Kier molecular flexibility index (Phi) is 6.50. The molecule has 0 amide bonds. The molecule has 0 saturated heterocycles. The summed E-state index contributed by atoms with van der Waals surface area (Å²) < 4.78 is 12.5. The minimum atomic E-state index is -0.131. The summed E-state index contributed by atoms with van der Waals surface area (Å²) in [4.78, 5) is 1.61. The molecule has 0 spiro atoms. The third-order valence-corrected chi connectivity index (χ3v) is 1.20. The van der Waals surface area contributed by atoms with Gasteiger partial charge in [0.05, 0.1) is 0 Å². The van der Waals surface area contributed by atoms with E-state index in [2.05, 4.69) is 15.9 Å². The molecule has 0 atom stereocenters. The summed E-state index contributed by atoms with van der Waals surface area (Å²) in [5.41, 5.74) is 0. The fourth-order valence-electron chi connectivity index (χ4n) is 0.439. The van der Waals surface area contributed by atoms with Crippen LogP contribution in [-0.4, -0.2) is 0 Å². The van der Waals surface area contributed by atoms with Crippen LogP contribution < -0.4 is 0 Å². The summed E-state index contributed by atoms with van der Waals surface area (Å²) in [5, 5.41) is 0. The van der Waals surface area contributed by atoms with Crippen LogP contribution in [0.1, 0.15) is 13.3 Å². The number of allylic oxidation sites excluding steroid dienone is 5. The average Bonchev–Trinajstić information content (AvgIpc) is 1.97. The van der Waals surface area contributed by atoms with Crippen molar-refractivity contribution >= 4 is 15.9 Å². The summed E-state index contributed by atoms with van der Waals surface area (Å²) in [6.07, 6.45) is 7.01. The molecule has 0 bridgehead atoms. The molecular weight excluding hydrogens is 195 g/mol. The van der Waals surface area contributed by atoms with E-state index < -0.39 is 0 Å². The molecule has 10 heavy (non-hydrogen) atoms. The summed E-state index contributed by atoms with van der Waals surface area (Å²) in [6.45, 7) is 1.87. The Hall–Kier alpha value is -0.370. The average molecular weight is 205 g/mol. The van der Waals surface area contributed by atoms with Crippen molar-refractivity contribution in [3.8, 4) is 0 Å². The van der Waals surface area contributed by atoms with Gasteiger partial charge in [-0.05, 0) is 18.0 Å². The van der Waals surface area contributed by atoms with Gasteiger partial charge in [0.25, 0.3) is 0 Å². The molecule has 0 aromatic carbocycles. The molecule has 0 aliphatic carbocycles. The zero-order chi connectivity index (χ0) is 7.82. The van der Waals surface area contributed by atoms with Crippen LogP contribution >= 0.6 is 15.9 Å². The molecule has 0 radical (unpaired) electrons. The van der Waals surface area contributed by atoms with E-state index >= 15 is 0 Å². The molecule has 0 aliphatic rings. The Morgan fingerprint density at radius 3 is 2.80 bits per heavy atom. The van der Waals surface area contributed by atoms with Gasteiger partial charge in [-0.25, -0.2) is 4.39 Å². The molecule has 0 heterocycles. The van der Waals surface area contributed by atoms with Crippen LogP contribution in [0, 0.1) is 0 Å². The molecule has 0 aromatic rings. The van der Waals surface area contributed by atoms with Crippen LogP contribution in [-0.2, 0) is 0 Å². The van der Waals surface area contributed by atoms with E-state index in [-0.39, 0.29) is 5.83 Å². The molecule has 0 saturated carbocycles. The van der Waals surface area contributed by atoms with Crippen LogP contribution in [0.5, 0.6) is 0 Å². The molecular formula is C8H10BrF. The van der Waals surface area contributed by atoms with Gasteiger partial charge in [-0.15, -0.1) is 0 Å². The quantitative estimate of drug-likeness (QED) is 0.486. The standard InChI is InChI=1S/C8H10BrF/c1-2-3-5-8(10)6-4-7-9/h2-4,6-7H,5H2,1H3/b3-2?,7-4+,8-6+. The maximum atomic E-state index is 12.5. The lowest BCUT2D eigenvalue weighted by atomic mass is 10.3. The molecule has 0 N–H and O–H groups in total. The third-order valence-electron chi connectivity index (χ3n) is 0.898. The van der Waals surface area contributed by atoms with Gasteiger partial charge in [-0.1, -0.05) is 34.2 Å². The van der Waals surface area contributed by atoms with Gasteiger partial charge in [-0.2, -0.15) is 0 Å². The number of rotatable bonds is 3. The first-order valence-electron chi connectivity index (χ1n) is 3.04. The van der Waals surface area contributed by atoms with Crippen molar-refractivity contribution in [2.75, 3.05) is 0 Å². The van der Waals surface area contributed by atoms with Crippen molar-refractivity contribution in [2.24, 2.45) is 0 Å². The second-order valence-corrected chi connectivity index (χ2v) is 2.23. The SMILES string of the molecule is CC=CC/C(F)=C\C=C\Br. The highest BCUT2D eigenvalue weighted by Crippen LogP contribution is 2.03. The topological polar surface area (TPSA) is 0 Å². The minimum absolute atomic E-state index is 0.131. The third kappa shape index (κ3) is 5.76. The number of halogens is 2. The Morgan fingerprint density at radius 2 is 2.30 bits per heavy atom. The molecule has 0 aromatic heterocycles. The van der Waals surface area contributed by atoms with Gasteiger partial charge in [0.15, 0.2) is 0 Å². The van der Waals surface area contributed by atoms with Crippen LogP contribution in [0.3, 0.4) is 0 Å². The molecule has 0 unspecified atom stereocenters. The first-order valence-corrected chi connectivity index (χ1v) is 3.95. The predicted molar refractivity (Wildman–Crippen MR) is 46.7 cm³/mol. The van der Waals surface area contributed by atoms with Crippen molar-refractivity contribution in [1.82, 2.24) is 0 Å². The van der Waals surface area contributed by atoms with E-state index in [1.54, 1.807) is 17.1 Å². The second kappa shape index (κ2) is 6.75. The highest BCUT2D eigenvalue weighted by Gasteiger charge is 1.85. The Balaban J connectivity index is 3.70. The maximum Gasteiger partial charge on any atom is 0.104 e. The van der Waals surface area contributed by atoms with Gasteiger partial charge in [0.2, 0.25) is 0 Å². The summed E-state index contributed by atoms with van der Waals surface area (Å²) in [7, 11) is 0. The second-order valence-electron chi connectivity index (χ2n) is 1.71. The van der Waals surface area contributed by atoms with Crippen LogP contribution in [0.4, 0.5) is 4.39 Å². The summed E-state index contributed by atoms with van der Waals surface area (Å²) in [5.74, 6) is -0.131. The molecule has 0 nitrogen and oxygen atoms in total. The van der Waals surface area contributed by atoms with E-state index in [1.165, 1.54) is 6.08 Å². The van der Waals surface area contributed by atoms with Gasteiger partial charge in [0, 0.05) is 6.42 Å². The smallest absolute Gasteiger partial charge is 0.104 e. The first-order chi connectivity index (χ1) is 4.81. The maximum absolute atomic E-state index is 12.5. The van der Waals surface area contributed by atoms with Gasteiger partial charge in [-0.3, -0.25) is 0 Å². The predicted octanol–water partition coefficient (Wildman–Crippen LogP) is 3.71. The van der Waals surface area contributed by atoms with E-state index in [0.29, 0.717) is 6.42 Å². The van der Waals surface area contributed by atoms with Gasteiger partial charge < -0.3 is 0 Å². The van der Waals surface area contributed by atoms with Gasteiger partial charge >= 0.3 is 0 Å². The Morgan fingerprint density at radius 1 is 1.60 bits per heavy atom. The molecule has 0 rings (SSSR count). The molecule has 2 heteroatoms. The van der Waals surface area contributed by atoms with Crippen molar-refractivity contribution in [1.29, 1.82) is 0 Å². The lowest BCUT2D eigenvalue weighted by molar-refractivity contribution is 0.618. The molecule has 0 aliphatic heterocycles. The van der Waals surface area contributed by atoms with Crippen molar-refractivity contribution in [3.63, 3.8) is 0 Å². The van der Waals surface area contributed by atoms with Crippen LogP contribution in [0.25, 0.3) is 0 Å². The fourth-order valence-corrected chi connectivity index (χ4v) is 0.592. The van der Waals surface area contributed by atoms with E-state index in [1.807, 2.05) is 13.0 Å².